The first-order chi connectivity index (χ1) is 6.79. The number of benzene rings is 1. The van der Waals surface area contributed by atoms with Gasteiger partial charge in [0.15, 0.2) is 0 Å². The largest absolute Gasteiger partial charge is 0.387 e. The first-order valence-electron chi connectivity index (χ1n) is 4.76. The predicted molar refractivity (Wildman–Crippen MR) is 57.4 cm³/mol. The lowest BCUT2D eigenvalue weighted by molar-refractivity contribution is 0.0954. The summed E-state index contributed by atoms with van der Waals surface area (Å²) >= 11 is 0. The minimum atomic E-state index is -0.0724. The van der Waals surface area contributed by atoms with E-state index in [2.05, 4.69) is 16.7 Å². The molecule has 3 heteroatoms. The zero-order valence-corrected chi connectivity index (χ0v) is 8.55. The van der Waals surface area contributed by atoms with Crippen molar-refractivity contribution in [3.8, 4) is 0 Å². The second-order valence-corrected chi connectivity index (χ2v) is 2.96. The summed E-state index contributed by atoms with van der Waals surface area (Å²) in [5.41, 5.74) is 1.38. The number of hydrogen-bond acceptors (Lipinski definition) is 2. The molecule has 1 aromatic carbocycles. The lowest BCUT2D eigenvalue weighted by atomic mass is 10.1. The van der Waals surface area contributed by atoms with E-state index in [0.29, 0.717) is 12.1 Å². The maximum atomic E-state index is 11.6. The topological polar surface area (TPSA) is 41.1 Å². The molecule has 3 nitrogen and oxygen atoms in total. The summed E-state index contributed by atoms with van der Waals surface area (Å²) < 4.78 is 0. The van der Waals surface area contributed by atoms with Crippen LogP contribution in [-0.4, -0.2) is 19.5 Å². The van der Waals surface area contributed by atoms with Gasteiger partial charge in [-0.3, -0.25) is 4.79 Å². The van der Waals surface area contributed by atoms with E-state index in [1.165, 1.54) is 0 Å². The Bertz CT molecular complexity index is 310. The molecule has 1 aromatic rings. The van der Waals surface area contributed by atoms with Crippen molar-refractivity contribution >= 4 is 11.6 Å². The molecule has 0 atom stereocenters. The summed E-state index contributed by atoms with van der Waals surface area (Å²) in [4.78, 5) is 11.6. The Kier molecular flexibility index (Phi) is 3.98. The Balaban J connectivity index is 2.78. The van der Waals surface area contributed by atoms with E-state index in [1.54, 1.807) is 13.1 Å². The van der Waals surface area contributed by atoms with E-state index in [4.69, 9.17) is 0 Å². The van der Waals surface area contributed by atoms with Gasteiger partial charge in [0.2, 0.25) is 0 Å². The number of amides is 1. The quantitative estimate of drug-likeness (QED) is 0.760. The van der Waals surface area contributed by atoms with E-state index in [0.717, 1.165) is 12.1 Å². The second kappa shape index (κ2) is 5.27. The van der Waals surface area contributed by atoms with Crippen LogP contribution < -0.4 is 10.6 Å². The van der Waals surface area contributed by atoms with Crippen molar-refractivity contribution in [2.45, 2.75) is 13.3 Å². The van der Waals surface area contributed by atoms with Gasteiger partial charge in [0, 0.05) is 19.3 Å². The maximum absolute atomic E-state index is 11.6. The lowest BCUT2D eigenvalue weighted by Crippen LogP contribution is -2.24. The molecule has 1 amide bonds. The number of carbonyl (C=O) groups excluding carboxylic acids is 1. The van der Waals surface area contributed by atoms with Gasteiger partial charge in [-0.15, -0.1) is 0 Å². The van der Waals surface area contributed by atoms with Crippen LogP contribution in [0.25, 0.3) is 0 Å². The number of carbonyl (C=O) groups is 1. The second-order valence-electron chi connectivity index (χ2n) is 2.96. The summed E-state index contributed by atoms with van der Waals surface area (Å²) in [7, 11) is 1.79. The Morgan fingerprint density at radius 1 is 1.57 bits per heavy atom. The monoisotopic (exact) mass is 191 g/mol. The molecule has 0 saturated carbocycles. The zero-order valence-electron chi connectivity index (χ0n) is 8.55. The third-order valence-electron chi connectivity index (χ3n) is 1.89. The molecule has 0 unspecified atom stereocenters. The van der Waals surface area contributed by atoms with Crippen molar-refractivity contribution in [3.63, 3.8) is 0 Å². The van der Waals surface area contributed by atoms with E-state index in [1.807, 2.05) is 19.1 Å². The van der Waals surface area contributed by atoms with Crippen LogP contribution in [0, 0.1) is 6.07 Å². The average molecular weight is 191 g/mol. The van der Waals surface area contributed by atoms with Crippen LogP contribution in [0.5, 0.6) is 0 Å². The molecule has 0 fully saturated rings. The molecule has 75 valence electrons. The fraction of sp³-hybridized carbons (Fsp3) is 0.364. The first-order valence-corrected chi connectivity index (χ1v) is 4.76. The molecule has 1 radical (unpaired) electrons. The van der Waals surface area contributed by atoms with Gasteiger partial charge in [-0.25, -0.2) is 0 Å². The summed E-state index contributed by atoms with van der Waals surface area (Å²) in [6.45, 7) is 2.72. The number of anilines is 1. The van der Waals surface area contributed by atoms with Gasteiger partial charge in [0.05, 0.1) is 5.56 Å². The molecule has 14 heavy (non-hydrogen) atoms. The van der Waals surface area contributed by atoms with Gasteiger partial charge in [-0.05, 0) is 18.6 Å². The summed E-state index contributed by atoms with van der Waals surface area (Å²) in [5.74, 6) is -0.0724. The van der Waals surface area contributed by atoms with Crippen LogP contribution in [0.1, 0.15) is 23.7 Å². The van der Waals surface area contributed by atoms with E-state index < -0.39 is 0 Å². The van der Waals surface area contributed by atoms with Crippen LogP contribution in [0.15, 0.2) is 18.2 Å². The van der Waals surface area contributed by atoms with Gasteiger partial charge >= 0.3 is 0 Å². The highest BCUT2D eigenvalue weighted by atomic mass is 16.1. The third kappa shape index (κ3) is 2.49. The van der Waals surface area contributed by atoms with E-state index in [9.17, 15) is 4.79 Å². The number of hydrogen-bond donors (Lipinski definition) is 2. The molecular formula is C11H15N2O. The maximum Gasteiger partial charge on any atom is 0.254 e. The van der Waals surface area contributed by atoms with Gasteiger partial charge in [0.25, 0.3) is 5.91 Å². The predicted octanol–water partition coefficient (Wildman–Crippen LogP) is 1.67. The van der Waals surface area contributed by atoms with Crippen LogP contribution in [0.3, 0.4) is 0 Å². The standard InChI is InChI=1S/C11H15N2O/c1-3-8-13-11(14)9-6-4-5-7-10(9)12-2/h4-5,7,12H,3,8H2,1-2H3,(H,13,14). The third-order valence-corrected chi connectivity index (χ3v) is 1.89. The minimum absolute atomic E-state index is 0.0724. The summed E-state index contributed by atoms with van der Waals surface area (Å²) in [5, 5.41) is 5.77. The van der Waals surface area contributed by atoms with Gasteiger partial charge in [0.1, 0.15) is 0 Å². The van der Waals surface area contributed by atoms with Crippen LogP contribution in [0.4, 0.5) is 5.69 Å². The molecular weight excluding hydrogens is 176 g/mol. The molecule has 0 saturated heterocycles. The molecule has 0 aromatic heterocycles. The smallest absolute Gasteiger partial charge is 0.254 e. The number of rotatable bonds is 4. The minimum Gasteiger partial charge on any atom is -0.387 e. The van der Waals surface area contributed by atoms with Crippen molar-refractivity contribution in [2.75, 3.05) is 18.9 Å². The average Bonchev–Trinajstić information content (AvgIpc) is 2.25. The molecule has 2 N–H and O–H groups in total. The van der Waals surface area contributed by atoms with Crippen molar-refractivity contribution in [1.82, 2.24) is 5.32 Å². The molecule has 0 aliphatic carbocycles. The SMILES string of the molecule is CCCNC(=O)c1[c]cccc1NC. The Hall–Kier alpha value is -1.51. The normalized spacial score (nSPS) is 9.57. The highest BCUT2D eigenvalue weighted by Gasteiger charge is 2.08. The molecule has 0 heterocycles. The highest BCUT2D eigenvalue weighted by molar-refractivity contribution is 5.99. The molecule has 0 aliphatic rings. The fourth-order valence-electron chi connectivity index (χ4n) is 1.16. The van der Waals surface area contributed by atoms with Gasteiger partial charge in [-0.1, -0.05) is 19.1 Å². The summed E-state index contributed by atoms with van der Waals surface area (Å²) in [6, 6.07) is 8.37. The Morgan fingerprint density at radius 2 is 2.36 bits per heavy atom. The van der Waals surface area contributed by atoms with E-state index in [-0.39, 0.29) is 5.91 Å². The molecule has 1 rings (SSSR count). The number of nitrogens with one attached hydrogen (secondary N) is 2. The molecule has 0 bridgehead atoms. The van der Waals surface area contributed by atoms with Gasteiger partial charge < -0.3 is 10.6 Å². The van der Waals surface area contributed by atoms with Crippen molar-refractivity contribution in [1.29, 1.82) is 0 Å². The van der Waals surface area contributed by atoms with Crippen molar-refractivity contribution in [3.05, 3.63) is 29.8 Å². The van der Waals surface area contributed by atoms with Crippen LogP contribution in [0.2, 0.25) is 0 Å². The Labute approximate surface area is 84.5 Å². The van der Waals surface area contributed by atoms with Crippen molar-refractivity contribution < 1.29 is 4.79 Å². The van der Waals surface area contributed by atoms with Crippen LogP contribution in [-0.2, 0) is 0 Å². The first kappa shape index (κ1) is 10.6. The van der Waals surface area contributed by atoms with Crippen LogP contribution >= 0.6 is 0 Å². The highest BCUT2D eigenvalue weighted by Crippen LogP contribution is 2.12. The van der Waals surface area contributed by atoms with E-state index >= 15 is 0 Å². The van der Waals surface area contributed by atoms with Gasteiger partial charge in [-0.2, -0.15) is 0 Å². The lowest BCUT2D eigenvalue weighted by Gasteiger charge is -2.08. The molecule has 0 spiro atoms. The fourth-order valence-corrected chi connectivity index (χ4v) is 1.16. The molecule has 0 aliphatic heterocycles. The van der Waals surface area contributed by atoms with Crippen molar-refractivity contribution in [2.24, 2.45) is 0 Å². The summed E-state index contributed by atoms with van der Waals surface area (Å²) in [6.07, 6.45) is 0.938. The Morgan fingerprint density at radius 3 is 3.00 bits per heavy atom. The zero-order chi connectivity index (χ0) is 10.4.